The minimum atomic E-state index is -0.00753. The summed E-state index contributed by atoms with van der Waals surface area (Å²) in [6.07, 6.45) is 25.3. The van der Waals surface area contributed by atoms with E-state index in [1.54, 1.807) is 0 Å². The number of benzene rings is 1. The van der Waals surface area contributed by atoms with Crippen molar-refractivity contribution in [3.05, 3.63) is 40.2 Å². The molecule has 186 valence electrons. The van der Waals surface area contributed by atoms with Crippen molar-refractivity contribution in [3.8, 4) is 6.57 Å². The van der Waals surface area contributed by atoms with Gasteiger partial charge < -0.3 is 0 Å². The first-order chi connectivity index (χ1) is 16.6. The Morgan fingerprint density at radius 1 is 0.706 bits per heavy atom. The van der Waals surface area contributed by atoms with E-state index in [0.29, 0.717) is 0 Å². The van der Waals surface area contributed by atoms with Gasteiger partial charge in [0, 0.05) is 19.3 Å². The van der Waals surface area contributed by atoms with Gasteiger partial charge in [-0.1, -0.05) is 86.0 Å². The SMILES string of the molecule is C#[N+]C(CCc1ccc(C)cc1)(CCC1CC2CCCCC2C1)CCC1CC2CCCCC2C1. The molecule has 4 aliphatic rings. The largest absolute Gasteiger partial charge is 0.281 e. The second-order valence-electron chi connectivity index (χ2n) is 13.2. The van der Waals surface area contributed by atoms with Crippen LogP contribution in [0.2, 0.25) is 0 Å². The molecule has 4 unspecified atom stereocenters. The van der Waals surface area contributed by atoms with Gasteiger partial charge in [-0.3, -0.25) is 0 Å². The molecule has 4 fully saturated rings. The zero-order chi connectivity index (χ0) is 23.4. The Bertz CT molecular complexity index is 752. The summed E-state index contributed by atoms with van der Waals surface area (Å²) in [5.41, 5.74) is 2.80. The topological polar surface area (TPSA) is 4.36 Å². The number of fused-ring (bicyclic) bond motifs is 2. The molecule has 5 rings (SSSR count). The van der Waals surface area contributed by atoms with Crippen molar-refractivity contribution >= 4 is 0 Å². The third kappa shape index (κ3) is 5.91. The number of hydrogen-bond acceptors (Lipinski definition) is 0. The van der Waals surface area contributed by atoms with Crippen LogP contribution in [0.5, 0.6) is 0 Å². The molecule has 0 aliphatic heterocycles. The van der Waals surface area contributed by atoms with Crippen LogP contribution in [0.3, 0.4) is 0 Å². The monoisotopic (exact) mass is 460 g/mol. The molecule has 0 heterocycles. The Labute approximate surface area is 210 Å². The van der Waals surface area contributed by atoms with Crippen LogP contribution in [0, 0.1) is 49.0 Å². The van der Waals surface area contributed by atoms with Crippen molar-refractivity contribution in [2.75, 3.05) is 0 Å². The number of hydrogen-bond donors (Lipinski definition) is 0. The summed E-state index contributed by atoms with van der Waals surface area (Å²) in [7, 11) is 0. The molecule has 1 aromatic rings. The standard InChI is InChI=1S/C33H50N/c1-25-11-13-26(14-12-25)15-18-33(34-2,19-16-27-21-29-7-3-4-8-30(29)22-27)20-17-28-23-31-9-5-6-10-32(31)24-28/h2,11-14,27-32H,3-10,15-24H2,1H3/q+1. The summed E-state index contributed by atoms with van der Waals surface area (Å²) in [4.78, 5) is 4.76. The number of aryl methyl sites for hydroxylation is 2. The third-order valence-electron chi connectivity index (χ3n) is 11.0. The summed E-state index contributed by atoms with van der Waals surface area (Å²) < 4.78 is 0. The van der Waals surface area contributed by atoms with Gasteiger partial charge in [0.15, 0.2) is 0 Å². The van der Waals surface area contributed by atoms with Crippen LogP contribution in [0.15, 0.2) is 24.3 Å². The second-order valence-corrected chi connectivity index (χ2v) is 13.2. The maximum atomic E-state index is 6.32. The minimum absolute atomic E-state index is 0.00753. The predicted octanol–water partition coefficient (Wildman–Crippen LogP) is 9.62. The molecule has 0 bridgehead atoms. The maximum Gasteiger partial charge on any atom is 0.281 e. The van der Waals surface area contributed by atoms with Crippen LogP contribution >= 0.6 is 0 Å². The molecule has 0 spiro atoms. The van der Waals surface area contributed by atoms with Gasteiger partial charge in [-0.25, -0.2) is 0 Å². The van der Waals surface area contributed by atoms with E-state index in [1.165, 1.54) is 114 Å². The zero-order valence-corrected chi connectivity index (χ0v) is 22.0. The first kappa shape index (κ1) is 24.4. The molecular weight excluding hydrogens is 410 g/mol. The highest BCUT2D eigenvalue weighted by atomic mass is 14.8. The van der Waals surface area contributed by atoms with Gasteiger partial charge >= 0.3 is 0 Å². The normalized spacial score (nSPS) is 34.7. The fourth-order valence-electron chi connectivity index (χ4n) is 8.83. The zero-order valence-electron chi connectivity index (χ0n) is 22.0. The Morgan fingerprint density at radius 2 is 1.15 bits per heavy atom. The fourth-order valence-corrected chi connectivity index (χ4v) is 8.83. The molecule has 4 saturated carbocycles. The van der Waals surface area contributed by atoms with Crippen LogP contribution in [0.25, 0.3) is 4.85 Å². The van der Waals surface area contributed by atoms with Crippen molar-refractivity contribution < 1.29 is 0 Å². The van der Waals surface area contributed by atoms with Crippen LogP contribution in [0.4, 0.5) is 0 Å². The van der Waals surface area contributed by atoms with E-state index in [2.05, 4.69) is 31.2 Å². The summed E-state index contributed by atoms with van der Waals surface area (Å²) in [5.74, 6) is 6.02. The van der Waals surface area contributed by atoms with Gasteiger partial charge in [-0.15, -0.1) is 0 Å². The van der Waals surface area contributed by atoms with Crippen molar-refractivity contribution in [3.63, 3.8) is 0 Å². The van der Waals surface area contributed by atoms with Gasteiger partial charge in [0.1, 0.15) is 0 Å². The quantitative estimate of drug-likeness (QED) is 0.345. The average molecular weight is 461 g/mol. The highest BCUT2D eigenvalue weighted by Gasteiger charge is 2.44. The van der Waals surface area contributed by atoms with Crippen molar-refractivity contribution in [1.29, 1.82) is 0 Å². The Morgan fingerprint density at radius 3 is 1.56 bits per heavy atom. The molecule has 1 nitrogen and oxygen atoms in total. The molecule has 34 heavy (non-hydrogen) atoms. The molecule has 0 radical (unpaired) electrons. The van der Waals surface area contributed by atoms with Gasteiger partial charge in [0.25, 0.3) is 12.1 Å². The molecule has 4 aliphatic carbocycles. The molecule has 0 saturated heterocycles. The Hall–Kier alpha value is -1.29. The van der Waals surface area contributed by atoms with Crippen LogP contribution < -0.4 is 0 Å². The lowest BCUT2D eigenvalue weighted by Crippen LogP contribution is -2.27. The first-order valence-corrected chi connectivity index (χ1v) is 15.1. The Kier molecular flexibility index (Phi) is 8.03. The predicted molar refractivity (Wildman–Crippen MR) is 145 cm³/mol. The molecular formula is C33H50N+. The molecule has 4 atom stereocenters. The van der Waals surface area contributed by atoms with Gasteiger partial charge in [0.05, 0.1) is 0 Å². The lowest BCUT2D eigenvalue weighted by Gasteiger charge is -2.24. The average Bonchev–Trinajstić information content (AvgIpc) is 3.48. The summed E-state index contributed by atoms with van der Waals surface area (Å²) >= 11 is 0. The lowest BCUT2D eigenvalue weighted by molar-refractivity contribution is 0.277. The third-order valence-corrected chi connectivity index (χ3v) is 11.0. The maximum absolute atomic E-state index is 6.32. The van der Waals surface area contributed by atoms with E-state index < -0.39 is 0 Å². The smallest absolute Gasteiger partial charge is 0.0804 e. The van der Waals surface area contributed by atoms with E-state index in [9.17, 15) is 0 Å². The van der Waals surface area contributed by atoms with Crippen LogP contribution in [-0.2, 0) is 6.42 Å². The summed E-state index contributed by atoms with van der Waals surface area (Å²) in [6.45, 7) is 8.51. The second kappa shape index (κ2) is 11.2. The number of rotatable bonds is 9. The summed E-state index contributed by atoms with van der Waals surface area (Å²) in [6, 6.07) is 9.16. The molecule has 0 amide bonds. The van der Waals surface area contributed by atoms with Crippen LogP contribution in [0.1, 0.15) is 120 Å². The molecule has 1 heteroatoms. The molecule has 0 N–H and O–H groups in total. The van der Waals surface area contributed by atoms with Crippen LogP contribution in [-0.4, -0.2) is 5.54 Å². The van der Waals surface area contributed by atoms with E-state index in [0.717, 1.165) is 48.3 Å². The highest BCUT2D eigenvalue weighted by molar-refractivity contribution is 5.22. The fraction of sp³-hybridized carbons (Fsp3) is 0.788. The van der Waals surface area contributed by atoms with Crippen molar-refractivity contribution in [1.82, 2.24) is 0 Å². The minimum Gasteiger partial charge on any atom is -0.0804 e. The summed E-state index contributed by atoms with van der Waals surface area (Å²) in [5, 5.41) is 0. The van der Waals surface area contributed by atoms with E-state index in [1.807, 2.05) is 0 Å². The number of nitrogens with zero attached hydrogens (tertiary/aromatic N) is 1. The lowest BCUT2D eigenvalue weighted by atomic mass is 9.79. The Balaban J connectivity index is 1.21. The van der Waals surface area contributed by atoms with E-state index in [4.69, 9.17) is 11.4 Å². The first-order valence-electron chi connectivity index (χ1n) is 15.1. The van der Waals surface area contributed by atoms with Crippen molar-refractivity contribution in [2.24, 2.45) is 35.5 Å². The molecule has 0 aromatic heterocycles. The van der Waals surface area contributed by atoms with Crippen molar-refractivity contribution in [2.45, 2.75) is 128 Å². The van der Waals surface area contributed by atoms with E-state index in [-0.39, 0.29) is 5.54 Å². The highest BCUT2D eigenvalue weighted by Crippen LogP contribution is 2.49. The van der Waals surface area contributed by atoms with Gasteiger partial charge in [-0.2, -0.15) is 0 Å². The molecule has 1 aromatic carbocycles. The van der Waals surface area contributed by atoms with Gasteiger partial charge in [0.2, 0.25) is 0 Å². The van der Waals surface area contributed by atoms with Gasteiger partial charge in [-0.05, 0) is 92.9 Å². The van der Waals surface area contributed by atoms with E-state index >= 15 is 0 Å².